The van der Waals surface area contributed by atoms with E-state index in [-0.39, 0.29) is 17.7 Å². The highest BCUT2D eigenvalue weighted by Crippen LogP contribution is 2.18. The second-order valence-corrected chi connectivity index (χ2v) is 2.73. The van der Waals surface area contributed by atoms with E-state index in [0.29, 0.717) is 6.42 Å². The van der Waals surface area contributed by atoms with Crippen LogP contribution in [0.5, 0.6) is 0 Å². The average Bonchev–Trinajstić information content (AvgIpc) is 1.85. The van der Waals surface area contributed by atoms with E-state index in [0.717, 1.165) is 0 Å². The van der Waals surface area contributed by atoms with Crippen molar-refractivity contribution in [3.05, 3.63) is 12.7 Å². The van der Waals surface area contributed by atoms with Crippen molar-refractivity contribution in [2.24, 2.45) is 5.92 Å². The van der Waals surface area contributed by atoms with Crippen LogP contribution in [0.4, 0.5) is 0 Å². The van der Waals surface area contributed by atoms with E-state index in [1.54, 1.807) is 6.08 Å². The number of amides is 1. The van der Waals surface area contributed by atoms with Gasteiger partial charge in [0.05, 0.1) is 6.04 Å². The van der Waals surface area contributed by atoms with Gasteiger partial charge < -0.3 is 5.32 Å². The molecule has 0 saturated carbocycles. The fourth-order valence-electron chi connectivity index (χ4n) is 1.28. The lowest BCUT2D eigenvalue weighted by Crippen LogP contribution is -2.60. The first-order valence-corrected chi connectivity index (χ1v) is 3.58. The Morgan fingerprint density at radius 1 is 1.82 bits per heavy atom. The van der Waals surface area contributed by atoms with Gasteiger partial charge in [-0.3, -0.25) is 9.59 Å². The summed E-state index contributed by atoms with van der Waals surface area (Å²) in [6.45, 7) is 4.98. The molecule has 0 aliphatic carbocycles. The smallest absolute Gasteiger partial charge is 0.232 e. The van der Waals surface area contributed by atoms with Crippen molar-refractivity contribution in [3.63, 3.8) is 0 Å². The van der Waals surface area contributed by atoms with Crippen LogP contribution in [0.15, 0.2) is 12.7 Å². The van der Waals surface area contributed by atoms with E-state index >= 15 is 0 Å². The number of β-lactam (4-membered cyclic amide) rings is 1. The molecule has 3 nitrogen and oxygen atoms in total. The summed E-state index contributed by atoms with van der Waals surface area (Å²) in [7, 11) is 0. The van der Waals surface area contributed by atoms with Crippen molar-refractivity contribution in [1.82, 2.24) is 5.32 Å². The first-order valence-electron chi connectivity index (χ1n) is 3.58. The van der Waals surface area contributed by atoms with Gasteiger partial charge >= 0.3 is 0 Å². The summed E-state index contributed by atoms with van der Waals surface area (Å²) < 4.78 is 0. The van der Waals surface area contributed by atoms with Crippen molar-refractivity contribution in [2.75, 3.05) is 0 Å². The molecule has 1 aliphatic rings. The van der Waals surface area contributed by atoms with Gasteiger partial charge in [0.15, 0.2) is 0 Å². The van der Waals surface area contributed by atoms with Crippen molar-refractivity contribution < 1.29 is 9.59 Å². The zero-order valence-corrected chi connectivity index (χ0v) is 6.46. The van der Waals surface area contributed by atoms with Crippen LogP contribution >= 0.6 is 0 Å². The van der Waals surface area contributed by atoms with Gasteiger partial charge in [0.25, 0.3) is 0 Å². The van der Waals surface area contributed by atoms with Gasteiger partial charge in [-0.1, -0.05) is 6.08 Å². The molecule has 1 rings (SSSR count). The summed E-state index contributed by atoms with van der Waals surface area (Å²) in [5, 5.41) is 2.64. The number of hydrogen-bond acceptors (Lipinski definition) is 2. The number of carbonyl (C=O) groups is 2. The first-order chi connectivity index (χ1) is 5.16. The number of Topliss-reactive ketones (excluding diaryl/α,β-unsaturated/α-hetero) is 1. The summed E-state index contributed by atoms with van der Waals surface area (Å²) >= 11 is 0. The molecule has 1 fully saturated rings. The molecule has 1 saturated heterocycles. The van der Waals surface area contributed by atoms with Crippen LogP contribution in [-0.2, 0) is 9.59 Å². The molecular weight excluding hydrogens is 142 g/mol. The third-order valence-electron chi connectivity index (χ3n) is 1.87. The lowest BCUT2D eigenvalue weighted by molar-refractivity contribution is -0.142. The summed E-state index contributed by atoms with van der Waals surface area (Å²) in [6.07, 6.45) is 2.38. The third-order valence-corrected chi connectivity index (χ3v) is 1.87. The van der Waals surface area contributed by atoms with E-state index in [1.165, 1.54) is 6.92 Å². The molecule has 1 heterocycles. The maximum absolute atomic E-state index is 10.8. The molecule has 1 N–H and O–H groups in total. The molecule has 2 atom stereocenters. The van der Waals surface area contributed by atoms with E-state index in [9.17, 15) is 9.59 Å². The minimum Gasteiger partial charge on any atom is -0.351 e. The van der Waals surface area contributed by atoms with Crippen molar-refractivity contribution in [2.45, 2.75) is 19.4 Å². The number of hydrogen-bond donors (Lipinski definition) is 1. The Labute approximate surface area is 65.5 Å². The Morgan fingerprint density at radius 2 is 2.45 bits per heavy atom. The van der Waals surface area contributed by atoms with Crippen LogP contribution in [0.2, 0.25) is 0 Å². The van der Waals surface area contributed by atoms with Crippen LogP contribution < -0.4 is 5.32 Å². The second kappa shape index (κ2) is 2.86. The molecule has 0 aromatic heterocycles. The molecule has 0 spiro atoms. The van der Waals surface area contributed by atoms with E-state index in [4.69, 9.17) is 0 Å². The molecule has 3 heteroatoms. The lowest BCUT2D eigenvalue weighted by atomic mass is 9.85. The molecule has 1 amide bonds. The van der Waals surface area contributed by atoms with Crippen LogP contribution in [0.25, 0.3) is 0 Å². The average molecular weight is 153 g/mol. The zero-order valence-electron chi connectivity index (χ0n) is 6.46. The van der Waals surface area contributed by atoms with Gasteiger partial charge in [0.2, 0.25) is 5.91 Å². The maximum atomic E-state index is 10.8. The Hall–Kier alpha value is -1.12. The monoisotopic (exact) mass is 153 g/mol. The fourth-order valence-corrected chi connectivity index (χ4v) is 1.28. The van der Waals surface area contributed by atoms with Gasteiger partial charge in [0, 0.05) is 0 Å². The summed E-state index contributed by atoms with van der Waals surface area (Å²) in [4.78, 5) is 21.6. The fraction of sp³-hybridized carbons (Fsp3) is 0.500. The van der Waals surface area contributed by atoms with Crippen LogP contribution in [0.1, 0.15) is 13.3 Å². The topological polar surface area (TPSA) is 46.2 Å². The minimum atomic E-state index is -0.423. The highest BCUT2D eigenvalue weighted by molar-refractivity contribution is 6.05. The highest BCUT2D eigenvalue weighted by atomic mass is 16.2. The number of rotatable bonds is 3. The normalized spacial score (nSPS) is 28.6. The van der Waals surface area contributed by atoms with E-state index < -0.39 is 5.92 Å². The standard InChI is InChI=1S/C8H11NO2/c1-3-4-6-7(5(2)10)8(11)9-6/h3,6-7H,1,4H2,2H3,(H,9,11). The molecule has 1 aliphatic heterocycles. The van der Waals surface area contributed by atoms with Gasteiger partial charge in [-0.05, 0) is 13.3 Å². The Balaban J connectivity index is 2.54. The predicted molar refractivity (Wildman–Crippen MR) is 40.9 cm³/mol. The molecule has 0 aromatic rings. The molecule has 0 radical (unpaired) electrons. The molecule has 0 bridgehead atoms. The summed E-state index contributed by atoms with van der Waals surface area (Å²) in [5.41, 5.74) is 0. The Morgan fingerprint density at radius 3 is 2.82 bits per heavy atom. The lowest BCUT2D eigenvalue weighted by Gasteiger charge is -2.34. The van der Waals surface area contributed by atoms with Crippen LogP contribution in [0.3, 0.4) is 0 Å². The van der Waals surface area contributed by atoms with Gasteiger partial charge in [-0.25, -0.2) is 0 Å². The quantitative estimate of drug-likeness (QED) is 0.359. The van der Waals surface area contributed by atoms with Crippen LogP contribution in [0, 0.1) is 5.92 Å². The SMILES string of the molecule is C=CCC1NC(=O)C1C(C)=O. The highest BCUT2D eigenvalue weighted by Gasteiger charge is 2.41. The minimum absolute atomic E-state index is 0.00231. The molecule has 2 unspecified atom stereocenters. The predicted octanol–water partition coefficient (Wildman–Crippen LogP) is 0.266. The second-order valence-electron chi connectivity index (χ2n) is 2.73. The number of ketones is 1. The molecule has 11 heavy (non-hydrogen) atoms. The van der Waals surface area contributed by atoms with Crippen molar-refractivity contribution in [3.8, 4) is 0 Å². The first kappa shape index (κ1) is 7.98. The van der Waals surface area contributed by atoms with Gasteiger partial charge in [-0.2, -0.15) is 0 Å². The number of carbonyl (C=O) groups excluding carboxylic acids is 2. The Bertz CT molecular complexity index is 200. The van der Waals surface area contributed by atoms with Crippen molar-refractivity contribution >= 4 is 11.7 Å². The zero-order chi connectivity index (χ0) is 8.43. The van der Waals surface area contributed by atoms with Crippen molar-refractivity contribution in [1.29, 1.82) is 0 Å². The van der Waals surface area contributed by atoms with E-state index in [2.05, 4.69) is 11.9 Å². The maximum Gasteiger partial charge on any atom is 0.232 e. The van der Waals surface area contributed by atoms with E-state index in [1.807, 2.05) is 0 Å². The van der Waals surface area contributed by atoms with Gasteiger partial charge in [0.1, 0.15) is 11.7 Å². The Kier molecular flexibility index (Phi) is 2.08. The largest absolute Gasteiger partial charge is 0.351 e. The molecular formula is C8H11NO2. The van der Waals surface area contributed by atoms with Gasteiger partial charge in [-0.15, -0.1) is 6.58 Å². The summed E-state index contributed by atoms with van der Waals surface area (Å²) in [6, 6.07) is -0.00231. The van der Waals surface area contributed by atoms with Crippen LogP contribution in [-0.4, -0.2) is 17.7 Å². The third kappa shape index (κ3) is 1.31. The molecule has 60 valence electrons. The summed E-state index contributed by atoms with van der Waals surface area (Å²) in [5.74, 6) is -0.627. The number of nitrogens with one attached hydrogen (secondary N) is 1. The molecule has 0 aromatic carbocycles.